The zero-order chi connectivity index (χ0) is 15.2. The lowest BCUT2D eigenvalue weighted by atomic mass is 10.2. The molecule has 0 unspecified atom stereocenters. The first kappa shape index (κ1) is 14.8. The van der Waals surface area contributed by atoms with Crippen LogP contribution in [0.2, 0.25) is 0 Å². The summed E-state index contributed by atoms with van der Waals surface area (Å²) in [5.41, 5.74) is 0.657. The van der Waals surface area contributed by atoms with E-state index in [-0.39, 0.29) is 24.7 Å². The Morgan fingerprint density at radius 2 is 1.81 bits per heavy atom. The highest BCUT2D eigenvalue weighted by molar-refractivity contribution is 5.88. The highest BCUT2D eigenvalue weighted by atomic mass is 19.1. The van der Waals surface area contributed by atoms with Crippen LogP contribution in [-0.4, -0.2) is 22.5 Å². The maximum absolute atomic E-state index is 13.0. The number of halogens is 2. The third kappa shape index (κ3) is 4.20. The molecular weight excluding hydrogens is 280 g/mol. The number of carbonyl (C=O) groups excluding carboxylic acids is 1. The van der Waals surface area contributed by atoms with Crippen molar-refractivity contribution >= 4 is 11.9 Å². The third-order valence-corrected chi connectivity index (χ3v) is 2.54. The molecule has 0 bridgehead atoms. The Morgan fingerprint density at radius 3 is 2.38 bits per heavy atom. The summed E-state index contributed by atoms with van der Waals surface area (Å²) in [5, 5.41) is 2.81. The zero-order valence-electron chi connectivity index (χ0n) is 11.3. The van der Waals surface area contributed by atoms with Crippen molar-refractivity contribution in [2.75, 3.05) is 11.9 Å². The largest absolute Gasteiger partial charge is 0.462 e. The van der Waals surface area contributed by atoms with E-state index in [1.54, 1.807) is 6.92 Å². The minimum atomic E-state index is -0.648. The highest BCUT2D eigenvalue weighted by Gasteiger charge is 2.07. The van der Waals surface area contributed by atoms with Crippen molar-refractivity contribution in [3.63, 3.8) is 0 Å². The van der Waals surface area contributed by atoms with Crippen LogP contribution < -0.4 is 5.32 Å². The molecule has 0 saturated carbocycles. The van der Waals surface area contributed by atoms with E-state index in [1.807, 2.05) is 0 Å². The van der Waals surface area contributed by atoms with Crippen molar-refractivity contribution in [1.82, 2.24) is 9.97 Å². The summed E-state index contributed by atoms with van der Waals surface area (Å²) >= 11 is 0. The van der Waals surface area contributed by atoms with Crippen LogP contribution in [0.15, 0.2) is 30.6 Å². The second-order valence-corrected chi connectivity index (χ2v) is 4.15. The number of carbonyl (C=O) groups is 1. The lowest BCUT2D eigenvalue weighted by molar-refractivity contribution is 0.0525. The number of nitrogens with one attached hydrogen (secondary N) is 1. The van der Waals surface area contributed by atoms with Crippen molar-refractivity contribution in [1.29, 1.82) is 0 Å². The number of aromatic nitrogens is 2. The molecule has 0 amide bonds. The molecule has 1 N–H and O–H groups in total. The number of anilines is 1. The molecule has 110 valence electrons. The Balaban J connectivity index is 1.99. The molecule has 21 heavy (non-hydrogen) atoms. The summed E-state index contributed by atoms with van der Waals surface area (Å²) < 4.78 is 30.8. The van der Waals surface area contributed by atoms with Crippen LogP contribution in [0.5, 0.6) is 0 Å². The number of esters is 1. The SMILES string of the molecule is CCOC(=O)c1cnc(NCc2cc(F)cc(F)c2)nc1. The van der Waals surface area contributed by atoms with Gasteiger partial charge in [-0.1, -0.05) is 0 Å². The van der Waals surface area contributed by atoms with Crippen LogP contribution in [0.3, 0.4) is 0 Å². The second kappa shape index (κ2) is 6.74. The molecule has 2 rings (SSSR count). The summed E-state index contributed by atoms with van der Waals surface area (Å²) in [6, 6.07) is 3.22. The lowest BCUT2D eigenvalue weighted by Crippen LogP contribution is -2.08. The maximum atomic E-state index is 13.0. The predicted octanol–water partition coefficient (Wildman–Crippen LogP) is 2.54. The minimum Gasteiger partial charge on any atom is -0.462 e. The lowest BCUT2D eigenvalue weighted by Gasteiger charge is -2.06. The van der Waals surface area contributed by atoms with Crippen molar-refractivity contribution in [3.8, 4) is 0 Å². The van der Waals surface area contributed by atoms with Gasteiger partial charge in [0.1, 0.15) is 11.6 Å². The molecule has 5 nitrogen and oxygen atoms in total. The standard InChI is InChI=1S/C14H13F2N3O2/c1-2-21-13(20)10-7-18-14(19-8-10)17-6-9-3-11(15)5-12(16)4-9/h3-5,7-8H,2,6H2,1H3,(H,17,18,19). The Hall–Kier alpha value is -2.57. The van der Waals surface area contributed by atoms with Crippen LogP contribution in [-0.2, 0) is 11.3 Å². The molecular formula is C14H13F2N3O2. The van der Waals surface area contributed by atoms with E-state index in [4.69, 9.17) is 4.74 Å². The highest BCUT2D eigenvalue weighted by Crippen LogP contribution is 2.10. The van der Waals surface area contributed by atoms with E-state index >= 15 is 0 Å². The van der Waals surface area contributed by atoms with Gasteiger partial charge < -0.3 is 10.1 Å². The molecule has 0 aliphatic carbocycles. The van der Waals surface area contributed by atoms with Gasteiger partial charge in [-0.25, -0.2) is 23.5 Å². The number of hydrogen-bond acceptors (Lipinski definition) is 5. The van der Waals surface area contributed by atoms with E-state index in [9.17, 15) is 13.6 Å². The van der Waals surface area contributed by atoms with Gasteiger partial charge in [0.2, 0.25) is 5.95 Å². The molecule has 7 heteroatoms. The predicted molar refractivity (Wildman–Crippen MR) is 71.7 cm³/mol. The Labute approximate surface area is 120 Å². The van der Waals surface area contributed by atoms with Crippen molar-refractivity contribution in [3.05, 3.63) is 53.4 Å². The van der Waals surface area contributed by atoms with Gasteiger partial charge in [-0.2, -0.15) is 0 Å². The van der Waals surface area contributed by atoms with E-state index in [0.29, 0.717) is 5.56 Å². The Kier molecular flexibility index (Phi) is 4.76. The molecule has 0 aliphatic heterocycles. The smallest absolute Gasteiger partial charge is 0.341 e. The quantitative estimate of drug-likeness (QED) is 0.858. The van der Waals surface area contributed by atoms with Gasteiger partial charge in [0, 0.05) is 25.0 Å². The molecule has 1 aromatic carbocycles. The summed E-state index contributed by atoms with van der Waals surface area (Å²) in [6.45, 7) is 2.13. The van der Waals surface area contributed by atoms with E-state index in [2.05, 4.69) is 15.3 Å². The molecule has 0 fully saturated rings. The zero-order valence-corrected chi connectivity index (χ0v) is 11.3. The van der Waals surface area contributed by atoms with Gasteiger partial charge in [-0.05, 0) is 24.6 Å². The van der Waals surface area contributed by atoms with Gasteiger partial charge in [-0.3, -0.25) is 0 Å². The average molecular weight is 293 g/mol. The van der Waals surface area contributed by atoms with Gasteiger partial charge in [0.05, 0.1) is 12.2 Å². The van der Waals surface area contributed by atoms with Crippen molar-refractivity contribution < 1.29 is 18.3 Å². The molecule has 0 spiro atoms. The van der Waals surface area contributed by atoms with E-state index in [0.717, 1.165) is 6.07 Å². The maximum Gasteiger partial charge on any atom is 0.341 e. The fraction of sp³-hybridized carbons (Fsp3) is 0.214. The van der Waals surface area contributed by atoms with Crippen molar-refractivity contribution in [2.24, 2.45) is 0 Å². The Bertz CT molecular complexity index is 612. The summed E-state index contributed by atoms with van der Waals surface area (Å²) in [7, 11) is 0. The first-order valence-corrected chi connectivity index (χ1v) is 6.26. The molecule has 1 heterocycles. The number of rotatable bonds is 5. The number of ether oxygens (including phenoxy) is 1. The van der Waals surface area contributed by atoms with Crippen molar-refractivity contribution in [2.45, 2.75) is 13.5 Å². The number of benzene rings is 1. The topological polar surface area (TPSA) is 64.1 Å². The normalized spacial score (nSPS) is 10.2. The molecule has 2 aromatic rings. The van der Waals surface area contributed by atoms with E-state index < -0.39 is 17.6 Å². The number of nitrogens with zero attached hydrogens (tertiary/aromatic N) is 2. The second-order valence-electron chi connectivity index (χ2n) is 4.15. The van der Waals surface area contributed by atoms with Gasteiger partial charge >= 0.3 is 5.97 Å². The first-order valence-electron chi connectivity index (χ1n) is 6.26. The minimum absolute atomic E-state index is 0.160. The fourth-order valence-corrected chi connectivity index (χ4v) is 1.63. The van der Waals surface area contributed by atoms with E-state index in [1.165, 1.54) is 24.5 Å². The van der Waals surface area contributed by atoms with Gasteiger partial charge in [-0.15, -0.1) is 0 Å². The summed E-state index contributed by atoms with van der Waals surface area (Å²) in [4.78, 5) is 19.3. The van der Waals surface area contributed by atoms with Crippen LogP contribution >= 0.6 is 0 Å². The monoisotopic (exact) mass is 293 g/mol. The number of hydrogen-bond donors (Lipinski definition) is 1. The fourth-order valence-electron chi connectivity index (χ4n) is 1.63. The molecule has 0 atom stereocenters. The third-order valence-electron chi connectivity index (χ3n) is 2.54. The van der Waals surface area contributed by atoms with Crippen LogP contribution in [0.1, 0.15) is 22.8 Å². The molecule has 1 aromatic heterocycles. The van der Waals surface area contributed by atoms with Gasteiger partial charge in [0.25, 0.3) is 0 Å². The molecule has 0 saturated heterocycles. The Morgan fingerprint density at radius 1 is 1.19 bits per heavy atom. The van der Waals surface area contributed by atoms with Gasteiger partial charge in [0.15, 0.2) is 0 Å². The first-order chi connectivity index (χ1) is 10.1. The molecule has 0 radical (unpaired) electrons. The van der Waals surface area contributed by atoms with Crippen LogP contribution in [0, 0.1) is 11.6 Å². The summed E-state index contributed by atoms with van der Waals surface area (Å²) in [5.74, 6) is -1.56. The van der Waals surface area contributed by atoms with Crippen LogP contribution in [0.25, 0.3) is 0 Å². The molecule has 0 aliphatic rings. The average Bonchev–Trinajstić information content (AvgIpc) is 2.45. The summed E-state index contributed by atoms with van der Waals surface area (Å²) in [6.07, 6.45) is 2.64. The van der Waals surface area contributed by atoms with Crippen LogP contribution in [0.4, 0.5) is 14.7 Å².